The Hall–Kier alpha value is -1.44. The maximum atomic E-state index is 12.3. The van der Waals surface area contributed by atoms with E-state index in [0.717, 1.165) is 63.6 Å². The molecule has 1 saturated heterocycles. The molecule has 0 saturated carbocycles. The van der Waals surface area contributed by atoms with Gasteiger partial charge in [-0.1, -0.05) is 6.92 Å². The van der Waals surface area contributed by atoms with E-state index in [-0.39, 0.29) is 5.91 Å². The third-order valence-corrected chi connectivity index (χ3v) is 4.31. The van der Waals surface area contributed by atoms with E-state index in [1.807, 2.05) is 0 Å². The van der Waals surface area contributed by atoms with E-state index < -0.39 is 0 Å². The van der Waals surface area contributed by atoms with E-state index in [2.05, 4.69) is 32.7 Å². The van der Waals surface area contributed by atoms with Crippen LogP contribution in [0, 0.1) is 5.92 Å². The lowest BCUT2D eigenvalue weighted by Crippen LogP contribution is -2.41. The first-order valence-electron chi connectivity index (χ1n) is 8.09. The lowest BCUT2D eigenvalue weighted by Gasteiger charge is -2.29. The number of amides is 1. The number of hydrogen-bond acceptors (Lipinski definition) is 5. The molecule has 122 valence electrons. The fraction of sp³-hybridized carbons (Fsp3) is 0.733. The molecule has 0 aliphatic carbocycles. The van der Waals surface area contributed by atoms with Gasteiger partial charge in [0.25, 0.3) is 5.91 Å². The van der Waals surface area contributed by atoms with Gasteiger partial charge in [-0.05, 0) is 5.92 Å². The van der Waals surface area contributed by atoms with Crippen molar-refractivity contribution in [1.29, 1.82) is 0 Å². The van der Waals surface area contributed by atoms with E-state index in [9.17, 15) is 4.79 Å². The number of aromatic amines is 1. The van der Waals surface area contributed by atoms with Crippen LogP contribution in [0.5, 0.6) is 0 Å². The van der Waals surface area contributed by atoms with Crippen molar-refractivity contribution in [3.8, 4) is 0 Å². The molecule has 1 fully saturated rings. The molecule has 1 unspecified atom stereocenters. The molecule has 3 heterocycles. The van der Waals surface area contributed by atoms with Crippen molar-refractivity contribution in [2.45, 2.75) is 19.9 Å². The van der Waals surface area contributed by atoms with Crippen molar-refractivity contribution in [2.75, 3.05) is 45.9 Å². The monoisotopic (exact) mass is 307 g/mol. The number of morpholine rings is 1. The number of aromatic nitrogens is 2. The van der Waals surface area contributed by atoms with Gasteiger partial charge in [0, 0.05) is 56.9 Å². The molecule has 1 amide bonds. The second kappa shape index (κ2) is 7.21. The van der Waals surface area contributed by atoms with Gasteiger partial charge >= 0.3 is 0 Å². The second-order valence-corrected chi connectivity index (χ2v) is 6.18. The summed E-state index contributed by atoms with van der Waals surface area (Å²) in [5.41, 5.74) is 2.65. The molecule has 22 heavy (non-hydrogen) atoms. The van der Waals surface area contributed by atoms with Crippen LogP contribution in [0.4, 0.5) is 0 Å². The summed E-state index contributed by atoms with van der Waals surface area (Å²) in [6.45, 7) is 9.07. The highest BCUT2D eigenvalue weighted by Gasteiger charge is 2.22. The molecule has 7 heteroatoms. The highest BCUT2D eigenvalue weighted by molar-refractivity contribution is 5.94. The quantitative estimate of drug-likeness (QED) is 0.699. The van der Waals surface area contributed by atoms with E-state index in [1.165, 1.54) is 0 Å². The molecule has 0 aromatic carbocycles. The Morgan fingerprint density at radius 3 is 3.09 bits per heavy atom. The van der Waals surface area contributed by atoms with Crippen LogP contribution in [0.2, 0.25) is 0 Å². The zero-order chi connectivity index (χ0) is 15.4. The molecule has 1 atom stereocenters. The third kappa shape index (κ3) is 3.66. The number of rotatable bonds is 5. The van der Waals surface area contributed by atoms with Crippen molar-refractivity contribution < 1.29 is 9.53 Å². The van der Waals surface area contributed by atoms with E-state index in [1.54, 1.807) is 0 Å². The van der Waals surface area contributed by atoms with Gasteiger partial charge in [-0.15, -0.1) is 0 Å². The standard InChI is InChI=1S/C15H25N5O2/c1-11(10-20-4-6-22-7-5-20)8-17-15(21)14-12-9-16-3-2-13(12)18-19-14/h11,16H,2-10H2,1H3,(H,17,21)(H,18,19). The fourth-order valence-corrected chi connectivity index (χ4v) is 3.05. The van der Waals surface area contributed by atoms with Crippen LogP contribution >= 0.6 is 0 Å². The van der Waals surface area contributed by atoms with E-state index in [0.29, 0.717) is 18.2 Å². The second-order valence-electron chi connectivity index (χ2n) is 6.18. The summed E-state index contributed by atoms with van der Waals surface area (Å²) in [6, 6.07) is 0. The van der Waals surface area contributed by atoms with Crippen molar-refractivity contribution in [3.05, 3.63) is 17.0 Å². The first kappa shape index (κ1) is 15.5. The minimum Gasteiger partial charge on any atom is -0.379 e. The third-order valence-electron chi connectivity index (χ3n) is 4.31. The SMILES string of the molecule is CC(CNC(=O)c1n[nH]c2c1CNCC2)CN1CCOCC1. The van der Waals surface area contributed by atoms with Gasteiger partial charge in [-0.25, -0.2) is 0 Å². The van der Waals surface area contributed by atoms with Crippen molar-refractivity contribution in [1.82, 2.24) is 25.7 Å². The zero-order valence-electron chi connectivity index (χ0n) is 13.2. The molecule has 2 aliphatic heterocycles. The predicted molar refractivity (Wildman–Crippen MR) is 82.8 cm³/mol. The minimum atomic E-state index is -0.0740. The number of nitrogens with zero attached hydrogens (tertiary/aromatic N) is 2. The lowest BCUT2D eigenvalue weighted by molar-refractivity contribution is 0.0317. The molecule has 1 aromatic rings. The molecule has 0 spiro atoms. The molecule has 2 aliphatic rings. The molecule has 1 aromatic heterocycles. The predicted octanol–water partition coefficient (Wildman–Crippen LogP) is -0.246. The molecule has 0 radical (unpaired) electrons. The number of hydrogen-bond donors (Lipinski definition) is 3. The summed E-state index contributed by atoms with van der Waals surface area (Å²) in [5, 5.41) is 13.5. The van der Waals surface area contributed by atoms with Gasteiger partial charge in [0.2, 0.25) is 0 Å². The average Bonchev–Trinajstić information content (AvgIpc) is 2.98. The van der Waals surface area contributed by atoms with Gasteiger partial charge in [-0.3, -0.25) is 14.8 Å². The van der Waals surface area contributed by atoms with Crippen LogP contribution in [-0.2, 0) is 17.7 Å². The van der Waals surface area contributed by atoms with E-state index in [4.69, 9.17) is 4.74 Å². The molecular formula is C15H25N5O2. The Morgan fingerprint density at radius 1 is 1.45 bits per heavy atom. The van der Waals surface area contributed by atoms with Crippen LogP contribution in [-0.4, -0.2) is 66.9 Å². The largest absolute Gasteiger partial charge is 0.379 e. The summed E-state index contributed by atoms with van der Waals surface area (Å²) < 4.78 is 5.35. The van der Waals surface area contributed by atoms with Gasteiger partial charge in [0.05, 0.1) is 13.2 Å². The first-order valence-corrected chi connectivity index (χ1v) is 8.09. The number of ether oxygens (including phenoxy) is 1. The zero-order valence-corrected chi connectivity index (χ0v) is 13.2. The molecule has 0 bridgehead atoms. The number of nitrogens with one attached hydrogen (secondary N) is 3. The Balaban J connectivity index is 1.48. The average molecular weight is 307 g/mol. The van der Waals surface area contributed by atoms with Crippen molar-refractivity contribution >= 4 is 5.91 Å². The number of H-pyrrole nitrogens is 1. The van der Waals surface area contributed by atoms with Gasteiger partial charge in [0.15, 0.2) is 5.69 Å². The summed E-state index contributed by atoms with van der Waals surface area (Å²) in [5.74, 6) is 0.338. The smallest absolute Gasteiger partial charge is 0.272 e. The summed E-state index contributed by atoms with van der Waals surface area (Å²) >= 11 is 0. The Labute approximate surface area is 130 Å². The lowest BCUT2D eigenvalue weighted by atomic mass is 10.1. The summed E-state index contributed by atoms with van der Waals surface area (Å²) in [4.78, 5) is 14.7. The first-order chi connectivity index (χ1) is 10.7. The van der Waals surface area contributed by atoms with Crippen molar-refractivity contribution in [2.24, 2.45) is 5.92 Å². The normalized spacial score (nSPS) is 20.4. The van der Waals surface area contributed by atoms with Gasteiger partial charge < -0.3 is 15.4 Å². The Kier molecular flexibility index (Phi) is 5.07. The van der Waals surface area contributed by atoms with Crippen LogP contribution in [0.15, 0.2) is 0 Å². The molecule has 3 N–H and O–H groups in total. The Morgan fingerprint density at radius 2 is 2.27 bits per heavy atom. The van der Waals surface area contributed by atoms with Crippen LogP contribution in [0.25, 0.3) is 0 Å². The van der Waals surface area contributed by atoms with Crippen LogP contribution < -0.4 is 10.6 Å². The highest BCUT2D eigenvalue weighted by Crippen LogP contribution is 2.15. The van der Waals surface area contributed by atoms with Crippen LogP contribution in [0.1, 0.15) is 28.7 Å². The van der Waals surface area contributed by atoms with Crippen molar-refractivity contribution in [3.63, 3.8) is 0 Å². The van der Waals surface area contributed by atoms with E-state index >= 15 is 0 Å². The fourth-order valence-electron chi connectivity index (χ4n) is 3.05. The molecular weight excluding hydrogens is 282 g/mol. The maximum Gasteiger partial charge on any atom is 0.272 e. The van der Waals surface area contributed by atoms with Gasteiger partial charge in [0.1, 0.15) is 0 Å². The maximum absolute atomic E-state index is 12.3. The Bertz CT molecular complexity index is 510. The minimum absolute atomic E-state index is 0.0740. The highest BCUT2D eigenvalue weighted by atomic mass is 16.5. The number of carbonyl (C=O) groups is 1. The number of carbonyl (C=O) groups excluding carboxylic acids is 1. The molecule has 3 rings (SSSR count). The summed E-state index contributed by atoms with van der Waals surface area (Å²) in [7, 11) is 0. The topological polar surface area (TPSA) is 82.3 Å². The molecule has 7 nitrogen and oxygen atoms in total. The van der Waals surface area contributed by atoms with Gasteiger partial charge in [-0.2, -0.15) is 5.10 Å². The number of fused-ring (bicyclic) bond motifs is 1. The summed E-state index contributed by atoms with van der Waals surface area (Å²) in [6.07, 6.45) is 0.906. The van der Waals surface area contributed by atoms with Crippen LogP contribution in [0.3, 0.4) is 0 Å².